The fraction of sp³-hybridized carbons (Fsp3) is 0.333. The van der Waals surface area contributed by atoms with Gasteiger partial charge in [0.05, 0.1) is 23.0 Å². The molecule has 3 aromatic rings. The highest BCUT2D eigenvalue weighted by Gasteiger charge is 2.59. The van der Waals surface area contributed by atoms with Crippen molar-refractivity contribution in [3.8, 4) is 17.6 Å². The average molecular weight is 520 g/mol. The first kappa shape index (κ1) is 25.1. The van der Waals surface area contributed by atoms with Crippen molar-refractivity contribution in [3.05, 3.63) is 106 Å². The van der Waals surface area contributed by atoms with Crippen LogP contribution in [0.15, 0.2) is 78.0 Å². The molecule has 1 amide bonds. The molecule has 3 aliphatic rings. The molecule has 0 aromatic heterocycles. The molecule has 0 radical (unpaired) electrons. The van der Waals surface area contributed by atoms with Crippen LogP contribution in [-0.4, -0.2) is 30.7 Å². The monoisotopic (exact) mass is 519 g/mol. The molecular weight excluding hydrogens is 486 g/mol. The molecule has 1 fully saturated rings. The van der Waals surface area contributed by atoms with E-state index in [-0.39, 0.29) is 12.7 Å². The molecular formula is C33H33N3O3. The zero-order valence-electron chi connectivity index (χ0n) is 22.4. The van der Waals surface area contributed by atoms with Crippen molar-refractivity contribution in [1.29, 1.82) is 5.26 Å². The molecule has 0 saturated carbocycles. The zero-order valence-corrected chi connectivity index (χ0v) is 22.4. The lowest BCUT2D eigenvalue weighted by atomic mass is 9.60. The third-order valence-electron chi connectivity index (χ3n) is 8.63. The lowest BCUT2D eigenvalue weighted by Crippen LogP contribution is -2.45. The number of carbonyl (C=O) groups excluding carboxylic acids is 1. The Bertz CT molecular complexity index is 1430. The molecule has 198 valence electrons. The van der Waals surface area contributed by atoms with Gasteiger partial charge in [-0.1, -0.05) is 65.7 Å². The molecule has 1 saturated heterocycles. The number of ether oxygens (including phenoxy) is 2. The van der Waals surface area contributed by atoms with Gasteiger partial charge in [-0.15, -0.1) is 0 Å². The molecule has 0 spiro atoms. The maximum absolute atomic E-state index is 14.4. The summed E-state index contributed by atoms with van der Waals surface area (Å²) in [5, 5.41) is 10.8. The van der Waals surface area contributed by atoms with E-state index in [2.05, 4.69) is 54.6 Å². The summed E-state index contributed by atoms with van der Waals surface area (Å²) in [7, 11) is 0. The van der Waals surface area contributed by atoms with Crippen molar-refractivity contribution in [1.82, 2.24) is 4.90 Å². The molecule has 39 heavy (non-hydrogen) atoms. The Morgan fingerprint density at radius 3 is 2.08 bits per heavy atom. The first-order chi connectivity index (χ1) is 18.9. The lowest BCUT2D eigenvalue weighted by Gasteiger charge is -2.41. The van der Waals surface area contributed by atoms with Crippen LogP contribution in [0.25, 0.3) is 0 Å². The Kier molecular flexibility index (Phi) is 6.31. The van der Waals surface area contributed by atoms with E-state index in [0.717, 1.165) is 47.1 Å². The highest BCUT2D eigenvalue weighted by molar-refractivity contribution is 5.87. The molecule has 0 bridgehead atoms. The van der Waals surface area contributed by atoms with Crippen molar-refractivity contribution in [2.24, 2.45) is 11.7 Å². The number of aryl methyl sites for hydroxylation is 2. The minimum absolute atomic E-state index is 0.0104. The smallest absolute Gasteiger partial charge is 0.232 e. The van der Waals surface area contributed by atoms with Crippen LogP contribution in [0.1, 0.15) is 53.0 Å². The summed E-state index contributed by atoms with van der Waals surface area (Å²) < 4.78 is 11.4. The van der Waals surface area contributed by atoms with Crippen LogP contribution in [0.3, 0.4) is 0 Å². The Labute approximate surface area is 229 Å². The molecule has 2 unspecified atom stereocenters. The number of hydrogen-bond donors (Lipinski definition) is 1. The quantitative estimate of drug-likeness (QED) is 0.493. The summed E-state index contributed by atoms with van der Waals surface area (Å²) >= 11 is 0. The van der Waals surface area contributed by atoms with Gasteiger partial charge in [0, 0.05) is 24.7 Å². The van der Waals surface area contributed by atoms with Gasteiger partial charge in [0.25, 0.3) is 0 Å². The summed E-state index contributed by atoms with van der Waals surface area (Å²) in [6.07, 6.45) is 3.07. The molecule has 6 heteroatoms. The SMILES string of the molecule is Cc1ccc(C2(c3ccc(C)cc3)C(C#N)=C(N)C(C(=O)N3CCCCC3)C2c2ccc3c(c2)OCO3)cc1. The van der Waals surface area contributed by atoms with E-state index in [0.29, 0.717) is 35.9 Å². The summed E-state index contributed by atoms with van der Waals surface area (Å²) in [5.74, 6) is 0.154. The number of piperidine rings is 1. The Hall–Kier alpha value is -4.24. The minimum Gasteiger partial charge on any atom is -0.454 e. The van der Waals surface area contributed by atoms with Crippen LogP contribution in [-0.2, 0) is 10.2 Å². The van der Waals surface area contributed by atoms with Crippen LogP contribution in [0.2, 0.25) is 0 Å². The topological polar surface area (TPSA) is 88.6 Å². The van der Waals surface area contributed by atoms with E-state index in [1.807, 2.05) is 36.9 Å². The second-order valence-electron chi connectivity index (χ2n) is 10.9. The van der Waals surface area contributed by atoms with Gasteiger partial charge < -0.3 is 20.1 Å². The van der Waals surface area contributed by atoms with Crippen molar-refractivity contribution >= 4 is 5.91 Å². The average Bonchev–Trinajstić information content (AvgIpc) is 3.54. The molecule has 1 aliphatic carbocycles. The lowest BCUT2D eigenvalue weighted by molar-refractivity contribution is -0.136. The van der Waals surface area contributed by atoms with E-state index in [4.69, 9.17) is 15.2 Å². The zero-order chi connectivity index (χ0) is 27.1. The van der Waals surface area contributed by atoms with Gasteiger partial charge in [0.1, 0.15) is 0 Å². The van der Waals surface area contributed by atoms with E-state index in [1.54, 1.807) is 0 Å². The van der Waals surface area contributed by atoms with Gasteiger partial charge >= 0.3 is 0 Å². The fourth-order valence-corrected chi connectivity index (χ4v) is 6.70. The standard InChI is InChI=1S/C33H33N3O3/c1-21-6-11-24(12-7-21)33(25-13-8-22(2)9-14-25)26(19-34)31(35)29(32(37)36-16-4-3-5-17-36)30(33)23-10-15-27-28(18-23)39-20-38-27/h6-15,18,29-30H,3-5,16-17,20,35H2,1-2H3. The Morgan fingerprint density at radius 2 is 1.49 bits per heavy atom. The number of likely N-dealkylation sites (tertiary alicyclic amines) is 1. The normalized spacial score (nSPS) is 21.6. The van der Waals surface area contributed by atoms with E-state index < -0.39 is 17.3 Å². The number of allylic oxidation sites excluding steroid dienone is 1. The van der Waals surface area contributed by atoms with Gasteiger partial charge in [-0.3, -0.25) is 4.79 Å². The number of benzene rings is 3. The Morgan fingerprint density at radius 1 is 0.897 bits per heavy atom. The number of carbonyl (C=O) groups is 1. The van der Waals surface area contributed by atoms with Crippen molar-refractivity contribution in [2.75, 3.05) is 19.9 Å². The summed E-state index contributed by atoms with van der Waals surface area (Å²) in [5.41, 5.74) is 11.8. The van der Waals surface area contributed by atoms with Crippen molar-refractivity contribution < 1.29 is 14.3 Å². The predicted molar refractivity (Wildman–Crippen MR) is 149 cm³/mol. The number of rotatable bonds is 4. The second kappa shape index (κ2) is 9.81. The first-order valence-electron chi connectivity index (χ1n) is 13.7. The summed E-state index contributed by atoms with van der Waals surface area (Å²) in [6.45, 7) is 5.67. The van der Waals surface area contributed by atoms with Crippen molar-refractivity contribution in [3.63, 3.8) is 0 Å². The molecule has 2 aliphatic heterocycles. The highest BCUT2D eigenvalue weighted by atomic mass is 16.7. The van der Waals surface area contributed by atoms with Gasteiger partial charge in [-0.2, -0.15) is 5.26 Å². The first-order valence-corrected chi connectivity index (χ1v) is 13.7. The molecule has 2 atom stereocenters. The maximum atomic E-state index is 14.4. The van der Waals surface area contributed by atoms with Crippen LogP contribution in [0, 0.1) is 31.1 Å². The number of nitrogens with zero attached hydrogens (tertiary/aromatic N) is 2. The molecule has 2 N–H and O–H groups in total. The maximum Gasteiger partial charge on any atom is 0.232 e. The minimum atomic E-state index is -0.968. The van der Waals surface area contributed by atoms with E-state index in [9.17, 15) is 10.1 Å². The number of amides is 1. The van der Waals surface area contributed by atoms with Crippen LogP contribution >= 0.6 is 0 Å². The predicted octanol–water partition coefficient (Wildman–Crippen LogP) is 5.48. The number of fused-ring (bicyclic) bond motifs is 1. The van der Waals surface area contributed by atoms with Gasteiger partial charge in [0.2, 0.25) is 12.7 Å². The van der Waals surface area contributed by atoms with Crippen LogP contribution in [0.5, 0.6) is 11.5 Å². The van der Waals surface area contributed by atoms with Gasteiger partial charge in [-0.05, 0) is 61.9 Å². The Balaban J connectivity index is 1.66. The number of nitriles is 1. The number of nitrogens with two attached hydrogens (primary N) is 1. The molecule has 2 heterocycles. The summed E-state index contributed by atoms with van der Waals surface area (Å²) in [6, 6.07) is 24.9. The number of hydrogen-bond acceptors (Lipinski definition) is 5. The molecule has 3 aromatic carbocycles. The van der Waals surface area contributed by atoms with E-state index in [1.165, 1.54) is 0 Å². The van der Waals surface area contributed by atoms with Gasteiger partial charge in [0.15, 0.2) is 11.5 Å². The van der Waals surface area contributed by atoms with Crippen LogP contribution < -0.4 is 15.2 Å². The second-order valence-corrected chi connectivity index (χ2v) is 10.9. The third kappa shape index (κ3) is 3.96. The molecule has 6 rings (SSSR count). The van der Waals surface area contributed by atoms with Crippen LogP contribution in [0.4, 0.5) is 0 Å². The largest absolute Gasteiger partial charge is 0.454 e. The van der Waals surface area contributed by atoms with E-state index >= 15 is 0 Å². The van der Waals surface area contributed by atoms with Gasteiger partial charge in [-0.25, -0.2) is 0 Å². The fourth-order valence-electron chi connectivity index (χ4n) is 6.70. The summed E-state index contributed by atoms with van der Waals surface area (Å²) in [4.78, 5) is 16.3. The highest BCUT2D eigenvalue weighted by Crippen LogP contribution is 2.60. The van der Waals surface area contributed by atoms with Crippen molar-refractivity contribution in [2.45, 2.75) is 44.4 Å². The third-order valence-corrected chi connectivity index (χ3v) is 8.63. The molecule has 6 nitrogen and oxygen atoms in total.